The van der Waals surface area contributed by atoms with Crippen molar-refractivity contribution in [3.8, 4) is 5.69 Å². The third-order valence-corrected chi connectivity index (χ3v) is 5.59. The van der Waals surface area contributed by atoms with Crippen molar-refractivity contribution in [2.24, 2.45) is 5.92 Å². The molecule has 2 aliphatic rings. The van der Waals surface area contributed by atoms with Crippen molar-refractivity contribution in [3.05, 3.63) is 41.7 Å². The van der Waals surface area contributed by atoms with Gasteiger partial charge in [0.2, 0.25) is 5.82 Å². The van der Waals surface area contributed by atoms with Crippen molar-refractivity contribution in [2.45, 2.75) is 51.5 Å². The lowest BCUT2D eigenvalue weighted by atomic mass is 10.0. The summed E-state index contributed by atoms with van der Waals surface area (Å²) in [6.45, 7) is 6.43. The lowest BCUT2D eigenvalue weighted by molar-refractivity contribution is 0.0692. The molecule has 6 nitrogen and oxygen atoms in total. The number of carbonyl (C=O) groups excluding carboxylic acids is 1. The van der Waals surface area contributed by atoms with Crippen LogP contribution in [0, 0.1) is 11.7 Å². The molecule has 0 spiro atoms. The van der Waals surface area contributed by atoms with Crippen molar-refractivity contribution in [1.29, 1.82) is 0 Å². The summed E-state index contributed by atoms with van der Waals surface area (Å²) >= 11 is 0. The highest BCUT2D eigenvalue weighted by Gasteiger charge is 2.29. The summed E-state index contributed by atoms with van der Waals surface area (Å²) in [4.78, 5) is 19.2. The quantitative estimate of drug-likeness (QED) is 0.774. The van der Waals surface area contributed by atoms with E-state index < -0.39 is 0 Å². The van der Waals surface area contributed by atoms with E-state index in [1.165, 1.54) is 23.6 Å². The van der Waals surface area contributed by atoms with Gasteiger partial charge in [0.25, 0.3) is 5.91 Å². The number of piperidine rings is 1. The van der Waals surface area contributed by atoms with Crippen molar-refractivity contribution < 1.29 is 9.18 Å². The number of carbonyl (C=O) groups is 1. The SMILES string of the molecule is CC(C)c1nc(C(=O)N2CCC(NCC3CC3)CC2)nn1-c1ccccc1F.Cl. The number of aromatic nitrogens is 3. The fourth-order valence-electron chi connectivity index (χ4n) is 3.67. The van der Waals surface area contributed by atoms with E-state index >= 15 is 0 Å². The summed E-state index contributed by atoms with van der Waals surface area (Å²) in [5.41, 5.74) is 0.320. The zero-order chi connectivity index (χ0) is 19.7. The molecule has 8 heteroatoms. The minimum absolute atomic E-state index is 0. The molecule has 1 amide bonds. The van der Waals surface area contributed by atoms with Gasteiger partial charge in [0.15, 0.2) is 0 Å². The van der Waals surface area contributed by atoms with Crippen molar-refractivity contribution >= 4 is 18.3 Å². The van der Waals surface area contributed by atoms with Gasteiger partial charge in [0.05, 0.1) is 0 Å². The highest BCUT2D eigenvalue weighted by Crippen LogP contribution is 2.28. The van der Waals surface area contributed by atoms with Crippen molar-refractivity contribution in [2.75, 3.05) is 19.6 Å². The zero-order valence-corrected chi connectivity index (χ0v) is 17.8. The minimum Gasteiger partial charge on any atom is -0.336 e. The van der Waals surface area contributed by atoms with E-state index in [9.17, 15) is 9.18 Å². The molecule has 4 rings (SSSR count). The zero-order valence-electron chi connectivity index (χ0n) is 17.0. The number of rotatable bonds is 6. The first kappa shape index (κ1) is 21.7. The molecule has 1 aliphatic heterocycles. The first-order valence-electron chi connectivity index (χ1n) is 10.3. The summed E-state index contributed by atoms with van der Waals surface area (Å²) < 4.78 is 15.7. The van der Waals surface area contributed by atoms with Crippen LogP contribution in [0.25, 0.3) is 5.69 Å². The van der Waals surface area contributed by atoms with Gasteiger partial charge < -0.3 is 10.2 Å². The maximum Gasteiger partial charge on any atom is 0.293 e. The van der Waals surface area contributed by atoms with Gasteiger partial charge in [-0.3, -0.25) is 4.79 Å². The Bertz CT molecular complexity index is 843. The number of amides is 1. The maximum absolute atomic E-state index is 14.3. The molecule has 1 saturated heterocycles. The average molecular weight is 422 g/mol. The molecule has 0 radical (unpaired) electrons. The molecule has 29 heavy (non-hydrogen) atoms. The molecular weight excluding hydrogens is 393 g/mol. The Labute approximate surface area is 177 Å². The molecule has 2 fully saturated rings. The fraction of sp³-hybridized carbons (Fsp3) is 0.571. The number of nitrogens with one attached hydrogen (secondary N) is 1. The number of likely N-dealkylation sites (tertiary alicyclic amines) is 1. The van der Waals surface area contributed by atoms with Crippen LogP contribution in [-0.4, -0.2) is 51.2 Å². The number of halogens is 2. The number of para-hydroxylation sites is 1. The van der Waals surface area contributed by atoms with E-state index in [0.29, 0.717) is 30.6 Å². The average Bonchev–Trinajstić information content (AvgIpc) is 3.42. The van der Waals surface area contributed by atoms with Crippen LogP contribution in [0.15, 0.2) is 24.3 Å². The predicted octanol–water partition coefficient (Wildman–Crippen LogP) is 3.56. The van der Waals surface area contributed by atoms with Gasteiger partial charge in [0, 0.05) is 25.0 Å². The van der Waals surface area contributed by atoms with Gasteiger partial charge in [-0.1, -0.05) is 26.0 Å². The largest absolute Gasteiger partial charge is 0.336 e. The van der Waals surface area contributed by atoms with Crippen LogP contribution in [0.3, 0.4) is 0 Å². The third kappa shape index (κ3) is 4.95. The van der Waals surface area contributed by atoms with Crippen molar-refractivity contribution in [1.82, 2.24) is 25.0 Å². The summed E-state index contributed by atoms with van der Waals surface area (Å²) in [7, 11) is 0. The lowest BCUT2D eigenvalue weighted by Crippen LogP contribution is -2.45. The second-order valence-electron chi connectivity index (χ2n) is 8.23. The normalized spacial score (nSPS) is 17.4. The molecule has 1 saturated carbocycles. The molecular formula is C21H29ClFN5O. The van der Waals surface area contributed by atoms with Crippen molar-refractivity contribution in [3.63, 3.8) is 0 Å². The lowest BCUT2D eigenvalue weighted by Gasteiger charge is -2.31. The van der Waals surface area contributed by atoms with Gasteiger partial charge >= 0.3 is 0 Å². The number of benzene rings is 1. The van der Waals surface area contributed by atoms with Gasteiger partial charge in [-0.2, -0.15) is 0 Å². The molecule has 1 aromatic heterocycles. The Morgan fingerprint density at radius 1 is 1.21 bits per heavy atom. The van der Waals surface area contributed by atoms with Crippen LogP contribution in [0.5, 0.6) is 0 Å². The first-order valence-corrected chi connectivity index (χ1v) is 10.3. The first-order chi connectivity index (χ1) is 13.5. The van der Waals surface area contributed by atoms with E-state index in [1.807, 2.05) is 18.7 Å². The molecule has 158 valence electrons. The molecule has 0 bridgehead atoms. The summed E-state index contributed by atoms with van der Waals surface area (Å²) in [6, 6.07) is 6.92. The Morgan fingerprint density at radius 3 is 2.52 bits per heavy atom. The molecule has 0 unspecified atom stereocenters. The van der Waals surface area contributed by atoms with Crippen LogP contribution in [0.1, 0.15) is 61.9 Å². The highest BCUT2D eigenvalue weighted by molar-refractivity contribution is 5.90. The maximum atomic E-state index is 14.3. The van der Waals surface area contributed by atoms with Gasteiger partial charge in [-0.25, -0.2) is 14.1 Å². The Hall–Kier alpha value is -1.99. The molecule has 1 aliphatic carbocycles. The van der Waals surface area contributed by atoms with Gasteiger partial charge in [-0.15, -0.1) is 17.5 Å². The number of hydrogen-bond acceptors (Lipinski definition) is 4. The summed E-state index contributed by atoms with van der Waals surface area (Å²) in [6.07, 6.45) is 4.59. The van der Waals surface area contributed by atoms with E-state index in [4.69, 9.17) is 0 Å². The summed E-state index contributed by atoms with van der Waals surface area (Å²) in [5.74, 6) is 1.07. The molecule has 2 aromatic rings. The van der Waals surface area contributed by atoms with Crippen LogP contribution in [-0.2, 0) is 0 Å². The fourth-order valence-corrected chi connectivity index (χ4v) is 3.67. The monoisotopic (exact) mass is 421 g/mol. The summed E-state index contributed by atoms with van der Waals surface area (Å²) in [5, 5.41) is 8.01. The number of hydrogen-bond donors (Lipinski definition) is 1. The molecule has 0 atom stereocenters. The van der Waals surface area contributed by atoms with Gasteiger partial charge in [0.1, 0.15) is 17.3 Å². The molecule has 1 aromatic carbocycles. The Kier molecular flexibility index (Phi) is 6.90. The van der Waals surface area contributed by atoms with Gasteiger partial charge in [-0.05, 0) is 50.3 Å². The smallest absolute Gasteiger partial charge is 0.293 e. The second-order valence-corrected chi connectivity index (χ2v) is 8.23. The van der Waals surface area contributed by atoms with E-state index in [2.05, 4.69) is 15.4 Å². The van der Waals surface area contributed by atoms with Crippen LogP contribution >= 0.6 is 12.4 Å². The van der Waals surface area contributed by atoms with E-state index in [0.717, 1.165) is 25.3 Å². The molecule has 2 heterocycles. The Balaban J connectivity index is 0.00000240. The van der Waals surface area contributed by atoms with Crippen LogP contribution < -0.4 is 5.32 Å². The highest BCUT2D eigenvalue weighted by atomic mass is 35.5. The van der Waals surface area contributed by atoms with E-state index in [-0.39, 0.29) is 35.9 Å². The van der Waals surface area contributed by atoms with E-state index in [1.54, 1.807) is 18.2 Å². The third-order valence-electron chi connectivity index (χ3n) is 5.59. The van der Waals surface area contributed by atoms with Crippen LogP contribution in [0.4, 0.5) is 4.39 Å². The minimum atomic E-state index is -0.379. The topological polar surface area (TPSA) is 63.1 Å². The Morgan fingerprint density at radius 2 is 1.90 bits per heavy atom. The number of nitrogens with zero attached hydrogens (tertiary/aromatic N) is 4. The van der Waals surface area contributed by atoms with Crippen LogP contribution in [0.2, 0.25) is 0 Å². The second kappa shape index (κ2) is 9.22. The predicted molar refractivity (Wildman–Crippen MR) is 112 cm³/mol. The molecule has 1 N–H and O–H groups in total. The standard InChI is InChI=1S/C21H28FN5O.ClH/c1-14(2)20-24-19(25-27(20)18-6-4-3-5-17(18)22)21(28)26-11-9-16(10-12-26)23-13-15-7-8-15;/h3-6,14-16,23H,7-13H2,1-2H3;1H.